The molecule has 1 amide bonds. The van der Waals surface area contributed by atoms with Gasteiger partial charge in [-0.05, 0) is 38.8 Å². The van der Waals surface area contributed by atoms with Gasteiger partial charge in [0.05, 0.1) is 11.4 Å². The van der Waals surface area contributed by atoms with Gasteiger partial charge in [-0.1, -0.05) is 37.5 Å². The molecule has 0 aromatic heterocycles. The van der Waals surface area contributed by atoms with E-state index in [2.05, 4.69) is 5.32 Å². The first-order chi connectivity index (χ1) is 10.9. The summed E-state index contributed by atoms with van der Waals surface area (Å²) in [6, 6.07) is 8.29. The zero-order chi connectivity index (χ0) is 16.9. The van der Waals surface area contributed by atoms with Crippen molar-refractivity contribution in [3.8, 4) is 0 Å². The fourth-order valence-corrected chi connectivity index (χ4v) is 4.68. The monoisotopic (exact) mass is 338 g/mol. The Morgan fingerprint density at radius 1 is 1.17 bits per heavy atom. The quantitative estimate of drug-likeness (QED) is 0.867. The van der Waals surface area contributed by atoms with Crippen molar-refractivity contribution in [3.63, 3.8) is 0 Å². The van der Waals surface area contributed by atoms with E-state index >= 15 is 0 Å². The third kappa shape index (κ3) is 4.78. The standard InChI is InChI=1S/C17H26N2O3S/c1-14(2)18-17(20)13-19(15-9-5-3-6-10-15)23(21,22)16-11-7-4-8-12-16/h4,7-8,11-12,14-15H,3,5-6,9-10,13H2,1-2H3,(H,18,20). The van der Waals surface area contributed by atoms with Crippen molar-refractivity contribution in [1.29, 1.82) is 0 Å². The Labute approximate surface area is 139 Å². The highest BCUT2D eigenvalue weighted by Crippen LogP contribution is 2.27. The van der Waals surface area contributed by atoms with Gasteiger partial charge in [0.15, 0.2) is 0 Å². The normalized spacial score (nSPS) is 16.7. The van der Waals surface area contributed by atoms with Crippen LogP contribution in [0, 0.1) is 0 Å². The Bertz CT molecular complexity index is 608. The Morgan fingerprint density at radius 3 is 2.35 bits per heavy atom. The van der Waals surface area contributed by atoms with E-state index in [1.54, 1.807) is 30.3 Å². The van der Waals surface area contributed by atoms with Crippen molar-refractivity contribution >= 4 is 15.9 Å². The maximum absolute atomic E-state index is 13.0. The van der Waals surface area contributed by atoms with Crippen LogP contribution >= 0.6 is 0 Å². The molecule has 6 heteroatoms. The highest BCUT2D eigenvalue weighted by Gasteiger charge is 2.33. The number of hydrogen-bond acceptors (Lipinski definition) is 3. The molecule has 1 fully saturated rings. The van der Waals surface area contributed by atoms with Crippen LogP contribution in [0.5, 0.6) is 0 Å². The molecule has 1 N–H and O–H groups in total. The molecule has 1 saturated carbocycles. The van der Waals surface area contributed by atoms with Crippen LogP contribution in [-0.2, 0) is 14.8 Å². The third-order valence-corrected chi connectivity index (χ3v) is 5.99. The molecule has 2 rings (SSSR count). The largest absolute Gasteiger partial charge is 0.353 e. The van der Waals surface area contributed by atoms with Crippen molar-refractivity contribution in [1.82, 2.24) is 9.62 Å². The topological polar surface area (TPSA) is 66.5 Å². The van der Waals surface area contributed by atoms with Crippen LogP contribution in [0.2, 0.25) is 0 Å². The lowest BCUT2D eigenvalue weighted by Gasteiger charge is -2.33. The van der Waals surface area contributed by atoms with Gasteiger partial charge in [-0.25, -0.2) is 8.42 Å². The number of carbonyl (C=O) groups excluding carboxylic acids is 1. The maximum atomic E-state index is 13.0. The molecule has 1 aromatic carbocycles. The Kier molecular flexibility index (Phi) is 6.18. The van der Waals surface area contributed by atoms with Crippen molar-refractivity contribution in [2.75, 3.05) is 6.54 Å². The van der Waals surface area contributed by atoms with Gasteiger partial charge in [0.25, 0.3) is 0 Å². The van der Waals surface area contributed by atoms with Crippen molar-refractivity contribution < 1.29 is 13.2 Å². The summed E-state index contributed by atoms with van der Waals surface area (Å²) in [5.41, 5.74) is 0. The van der Waals surface area contributed by atoms with Gasteiger partial charge in [-0.2, -0.15) is 4.31 Å². The van der Waals surface area contributed by atoms with E-state index in [1.807, 2.05) is 13.8 Å². The van der Waals surface area contributed by atoms with Crippen molar-refractivity contribution in [3.05, 3.63) is 30.3 Å². The lowest BCUT2D eigenvalue weighted by molar-refractivity contribution is -0.122. The Balaban J connectivity index is 2.27. The maximum Gasteiger partial charge on any atom is 0.243 e. The summed E-state index contributed by atoms with van der Waals surface area (Å²) < 4.78 is 27.4. The smallest absolute Gasteiger partial charge is 0.243 e. The summed E-state index contributed by atoms with van der Waals surface area (Å²) in [5.74, 6) is -0.245. The van der Waals surface area contributed by atoms with Crippen LogP contribution in [-0.4, -0.2) is 37.3 Å². The molecule has 0 spiro atoms. The molecule has 1 aliphatic carbocycles. The first-order valence-corrected chi connectivity index (χ1v) is 9.71. The number of amides is 1. The van der Waals surface area contributed by atoms with Crippen LogP contribution in [0.1, 0.15) is 46.0 Å². The second-order valence-electron chi connectivity index (χ2n) is 6.38. The minimum atomic E-state index is -3.66. The van der Waals surface area contributed by atoms with Crippen LogP contribution in [0.3, 0.4) is 0 Å². The summed E-state index contributed by atoms with van der Waals surface area (Å²) in [5, 5.41) is 2.79. The van der Waals surface area contributed by atoms with E-state index in [-0.39, 0.29) is 29.4 Å². The molecule has 0 saturated heterocycles. The molecule has 5 nitrogen and oxygen atoms in total. The second kappa shape index (κ2) is 7.93. The van der Waals surface area contributed by atoms with E-state index in [1.165, 1.54) is 4.31 Å². The van der Waals surface area contributed by atoms with Gasteiger partial charge in [-0.15, -0.1) is 0 Å². The number of nitrogens with one attached hydrogen (secondary N) is 1. The predicted octanol–water partition coefficient (Wildman–Crippen LogP) is 2.53. The third-order valence-electron chi connectivity index (χ3n) is 4.08. The lowest BCUT2D eigenvalue weighted by Crippen LogP contribution is -2.48. The zero-order valence-corrected chi connectivity index (χ0v) is 14.7. The fraction of sp³-hybridized carbons (Fsp3) is 0.588. The molecule has 23 heavy (non-hydrogen) atoms. The molecule has 0 unspecified atom stereocenters. The number of nitrogens with zero attached hydrogens (tertiary/aromatic N) is 1. The number of carbonyl (C=O) groups is 1. The summed E-state index contributed by atoms with van der Waals surface area (Å²) in [4.78, 5) is 12.4. The van der Waals surface area contributed by atoms with Crippen LogP contribution in [0.15, 0.2) is 35.2 Å². The fourth-order valence-electron chi connectivity index (χ4n) is 3.02. The summed E-state index contributed by atoms with van der Waals surface area (Å²) >= 11 is 0. The summed E-state index contributed by atoms with van der Waals surface area (Å²) in [6.07, 6.45) is 4.80. The minimum Gasteiger partial charge on any atom is -0.353 e. The Morgan fingerprint density at radius 2 is 1.78 bits per heavy atom. The van der Waals surface area contributed by atoms with E-state index in [4.69, 9.17) is 0 Å². The molecule has 1 aromatic rings. The van der Waals surface area contributed by atoms with Gasteiger partial charge in [0, 0.05) is 12.1 Å². The number of sulfonamides is 1. The Hall–Kier alpha value is -1.40. The van der Waals surface area contributed by atoms with E-state index in [9.17, 15) is 13.2 Å². The zero-order valence-electron chi connectivity index (χ0n) is 13.9. The van der Waals surface area contributed by atoms with Crippen molar-refractivity contribution in [2.24, 2.45) is 0 Å². The molecule has 0 atom stereocenters. The molecule has 0 bridgehead atoms. The second-order valence-corrected chi connectivity index (χ2v) is 8.27. The minimum absolute atomic E-state index is 0.00450. The van der Waals surface area contributed by atoms with E-state index in [0.717, 1.165) is 32.1 Å². The summed E-state index contributed by atoms with van der Waals surface area (Å²) in [6.45, 7) is 3.63. The van der Waals surface area contributed by atoms with Gasteiger partial charge < -0.3 is 5.32 Å². The van der Waals surface area contributed by atoms with Gasteiger partial charge in [0.1, 0.15) is 0 Å². The molecule has 128 valence electrons. The summed E-state index contributed by atoms with van der Waals surface area (Å²) in [7, 11) is -3.66. The van der Waals surface area contributed by atoms with Gasteiger partial charge in [-0.3, -0.25) is 4.79 Å². The highest BCUT2D eigenvalue weighted by atomic mass is 32.2. The van der Waals surface area contributed by atoms with E-state index < -0.39 is 10.0 Å². The molecule has 1 aliphatic rings. The predicted molar refractivity (Wildman–Crippen MR) is 90.5 cm³/mol. The van der Waals surface area contributed by atoms with Gasteiger partial charge >= 0.3 is 0 Å². The molecule has 0 heterocycles. The molecular weight excluding hydrogens is 312 g/mol. The molecule has 0 aliphatic heterocycles. The SMILES string of the molecule is CC(C)NC(=O)CN(C1CCCCC1)S(=O)(=O)c1ccccc1. The van der Waals surface area contributed by atoms with Crippen LogP contribution in [0.25, 0.3) is 0 Å². The first kappa shape index (κ1) is 17.9. The molecule has 0 radical (unpaired) electrons. The van der Waals surface area contributed by atoms with E-state index in [0.29, 0.717) is 0 Å². The number of benzene rings is 1. The highest BCUT2D eigenvalue weighted by molar-refractivity contribution is 7.89. The lowest BCUT2D eigenvalue weighted by atomic mass is 9.95. The molecular formula is C17H26N2O3S. The van der Waals surface area contributed by atoms with Crippen LogP contribution in [0.4, 0.5) is 0 Å². The first-order valence-electron chi connectivity index (χ1n) is 8.27. The van der Waals surface area contributed by atoms with Crippen LogP contribution < -0.4 is 5.32 Å². The average molecular weight is 338 g/mol. The average Bonchev–Trinajstić information content (AvgIpc) is 2.53. The number of hydrogen-bond donors (Lipinski definition) is 1. The number of rotatable bonds is 6. The van der Waals surface area contributed by atoms with Gasteiger partial charge in [0.2, 0.25) is 15.9 Å². The van der Waals surface area contributed by atoms with Crippen molar-refractivity contribution in [2.45, 2.75) is 62.9 Å².